The fourth-order valence-corrected chi connectivity index (χ4v) is 3.83. The molecule has 0 saturated carbocycles. The number of hydrogen-bond acceptors (Lipinski definition) is 8. The molecule has 3 N–H and O–H groups in total. The van der Waals surface area contributed by atoms with Gasteiger partial charge in [0.25, 0.3) is 0 Å². The minimum absolute atomic E-state index is 0.0670. The summed E-state index contributed by atoms with van der Waals surface area (Å²) < 4.78 is 5.00. The van der Waals surface area contributed by atoms with Crippen LogP contribution in [0.25, 0.3) is 0 Å². The zero-order valence-corrected chi connectivity index (χ0v) is 16.3. The molecule has 0 aromatic carbocycles. The molecule has 1 aliphatic heterocycles. The molecule has 1 saturated heterocycles. The van der Waals surface area contributed by atoms with Crippen LogP contribution in [-0.4, -0.2) is 52.3 Å². The first-order valence-electron chi connectivity index (χ1n) is 8.92. The van der Waals surface area contributed by atoms with Crippen molar-refractivity contribution < 1.29 is 9.66 Å². The quantitative estimate of drug-likeness (QED) is 0.365. The van der Waals surface area contributed by atoms with E-state index >= 15 is 0 Å². The minimum Gasteiger partial charge on any atom is -0.385 e. The average molecular weight is 366 g/mol. The largest absolute Gasteiger partial charge is 0.385 e. The number of rotatable bonds is 8. The number of aromatic nitrogens is 2. The molecule has 0 unspecified atom stereocenters. The SMILES string of the molecule is COCCCNc1ncnc(NC2CC(C)(C)NC(C)(C)C2)c1[N+](=O)[O-]. The highest BCUT2D eigenvalue weighted by Crippen LogP contribution is 2.34. The van der Waals surface area contributed by atoms with Gasteiger partial charge in [0.2, 0.25) is 11.6 Å². The maximum absolute atomic E-state index is 11.6. The lowest BCUT2D eigenvalue weighted by Crippen LogP contribution is -2.60. The summed E-state index contributed by atoms with van der Waals surface area (Å²) in [6.07, 6.45) is 3.77. The normalized spacial score (nSPS) is 19.1. The van der Waals surface area contributed by atoms with E-state index in [-0.39, 0.29) is 34.4 Å². The molecule has 1 aromatic heterocycles. The fraction of sp³-hybridized carbons (Fsp3) is 0.765. The van der Waals surface area contributed by atoms with E-state index < -0.39 is 4.92 Å². The molecule has 2 heterocycles. The van der Waals surface area contributed by atoms with E-state index in [4.69, 9.17) is 4.74 Å². The predicted molar refractivity (Wildman–Crippen MR) is 102 cm³/mol. The van der Waals surface area contributed by atoms with Gasteiger partial charge in [-0.1, -0.05) is 0 Å². The summed E-state index contributed by atoms with van der Waals surface area (Å²) in [5.74, 6) is 0.494. The zero-order valence-electron chi connectivity index (χ0n) is 16.3. The molecule has 0 aliphatic carbocycles. The standard InChI is InChI=1S/C17H30N6O3/c1-16(2)9-12(10-17(3,4)22-16)21-15-13(23(24)25)14(19-11-20-15)18-7-6-8-26-5/h11-12,22H,6-10H2,1-5H3,(H2,18,19,20,21). The topological polar surface area (TPSA) is 114 Å². The van der Waals surface area contributed by atoms with Gasteiger partial charge in [0, 0.05) is 37.4 Å². The number of methoxy groups -OCH3 is 1. The van der Waals surface area contributed by atoms with Crippen LogP contribution in [0.5, 0.6) is 0 Å². The fourth-order valence-electron chi connectivity index (χ4n) is 3.83. The second kappa shape index (κ2) is 8.13. The minimum atomic E-state index is -0.432. The van der Waals surface area contributed by atoms with Crippen LogP contribution in [0.3, 0.4) is 0 Å². The number of nitrogens with one attached hydrogen (secondary N) is 3. The Bertz CT molecular complexity index is 619. The molecule has 1 aliphatic rings. The van der Waals surface area contributed by atoms with Crippen molar-refractivity contribution in [1.82, 2.24) is 15.3 Å². The van der Waals surface area contributed by atoms with Crippen LogP contribution in [0.4, 0.5) is 17.3 Å². The third-order valence-corrected chi connectivity index (χ3v) is 4.35. The molecule has 0 bridgehead atoms. The van der Waals surface area contributed by atoms with E-state index in [1.165, 1.54) is 6.33 Å². The van der Waals surface area contributed by atoms with Crippen molar-refractivity contribution >= 4 is 17.3 Å². The van der Waals surface area contributed by atoms with Gasteiger partial charge < -0.3 is 20.7 Å². The van der Waals surface area contributed by atoms with E-state index in [1.807, 2.05) is 0 Å². The molecule has 1 aromatic rings. The molecule has 0 spiro atoms. The van der Waals surface area contributed by atoms with E-state index in [0.717, 1.165) is 19.3 Å². The van der Waals surface area contributed by atoms with Crippen molar-refractivity contribution in [1.29, 1.82) is 0 Å². The number of ether oxygens (including phenoxy) is 1. The van der Waals surface area contributed by atoms with Gasteiger partial charge in [0.1, 0.15) is 6.33 Å². The number of hydrogen-bond donors (Lipinski definition) is 3. The number of piperidine rings is 1. The molecule has 146 valence electrons. The Morgan fingerprint density at radius 2 is 1.88 bits per heavy atom. The van der Waals surface area contributed by atoms with Crippen molar-refractivity contribution in [3.8, 4) is 0 Å². The van der Waals surface area contributed by atoms with Crippen molar-refractivity contribution in [3.63, 3.8) is 0 Å². The van der Waals surface area contributed by atoms with E-state index in [2.05, 4.69) is 53.6 Å². The van der Waals surface area contributed by atoms with Gasteiger partial charge in [-0.25, -0.2) is 9.97 Å². The Morgan fingerprint density at radius 1 is 1.27 bits per heavy atom. The summed E-state index contributed by atoms with van der Waals surface area (Å²) in [5.41, 5.74) is -0.246. The molecule has 9 nitrogen and oxygen atoms in total. The second-order valence-corrected chi connectivity index (χ2v) is 8.09. The maximum atomic E-state index is 11.6. The smallest absolute Gasteiger partial charge is 0.353 e. The van der Waals surface area contributed by atoms with Gasteiger partial charge >= 0.3 is 5.69 Å². The third-order valence-electron chi connectivity index (χ3n) is 4.35. The third kappa shape index (κ3) is 5.50. The number of nitrogens with zero attached hydrogens (tertiary/aromatic N) is 3. The van der Waals surface area contributed by atoms with E-state index in [9.17, 15) is 10.1 Å². The molecule has 9 heteroatoms. The zero-order chi connectivity index (χ0) is 19.4. The Kier molecular flexibility index (Phi) is 6.35. The van der Waals surface area contributed by atoms with Gasteiger partial charge in [-0.2, -0.15) is 0 Å². The van der Waals surface area contributed by atoms with E-state index in [1.54, 1.807) is 7.11 Å². The van der Waals surface area contributed by atoms with Crippen LogP contribution >= 0.6 is 0 Å². The summed E-state index contributed by atoms with van der Waals surface area (Å²) in [6.45, 7) is 9.67. The number of nitro groups is 1. The monoisotopic (exact) mass is 366 g/mol. The molecule has 26 heavy (non-hydrogen) atoms. The molecule has 2 rings (SSSR count). The van der Waals surface area contributed by atoms with Crippen LogP contribution in [-0.2, 0) is 4.74 Å². The summed E-state index contributed by atoms with van der Waals surface area (Å²) in [4.78, 5) is 19.4. The van der Waals surface area contributed by atoms with Gasteiger partial charge in [-0.15, -0.1) is 0 Å². The summed E-state index contributed by atoms with van der Waals surface area (Å²) in [7, 11) is 1.62. The van der Waals surface area contributed by atoms with Crippen LogP contribution in [0.1, 0.15) is 47.0 Å². The van der Waals surface area contributed by atoms with Crippen LogP contribution in [0, 0.1) is 10.1 Å². The van der Waals surface area contributed by atoms with E-state index in [0.29, 0.717) is 13.2 Å². The Hall–Kier alpha value is -2.00. The first-order chi connectivity index (χ1) is 12.1. The lowest BCUT2D eigenvalue weighted by molar-refractivity contribution is -0.383. The first kappa shape index (κ1) is 20.3. The summed E-state index contributed by atoms with van der Waals surface area (Å²) >= 11 is 0. The molecule has 0 atom stereocenters. The number of anilines is 2. The first-order valence-corrected chi connectivity index (χ1v) is 8.92. The maximum Gasteiger partial charge on any atom is 0.353 e. The van der Waals surface area contributed by atoms with Gasteiger partial charge in [0.05, 0.1) is 4.92 Å². The summed E-state index contributed by atoms with van der Waals surface area (Å²) in [6, 6.07) is 0.0798. The van der Waals surface area contributed by atoms with Crippen molar-refractivity contribution in [3.05, 3.63) is 16.4 Å². The molecule has 0 radical (unpaired) electrons. The highest BCUT2D eigenvalue weighted by molar-refractivity contribution is 5.69. The Balaban J connectivity index is 2.19. The summed E-state index contributed by atoms with van der Waals surface area (Å²) in [5, 5.41) is 21.5. The highest BCUT2D eigenvalue weighted by Gasteiger charge is 2.38. The molecular formula is C17H30N6O3. The predicted octanol–water partition coefficient (Wildman–Crippen LogP) is 2.55. The van der Waals surface area contributed by atoms with Crippen molar-refractivity contribution in [2.24, 2.45) is 0 Å². The van der Waals surface area contributed by atoms with Gasteiger partial charge in [-0.05, 0) is 47.0 Å². The Morgan fingerprint density at radius 3 is 2.46 bits per heavy atom. The molecule has 1 fully saturated rings. The molecule has 0 amide bonds. The van der Waals surface area contributed by atoms with Gasteiger partial charge in [0.15, 0.2) is 0 Å². The van der Waals surface area contributed by atoms with Gasteiger partial charge in [-0.3, -0.25) is 10.1 Å². The lowest BCUT2D eigenvalue weighted by atomic mass is 9.79. The highest BCUT2D eigenvalue weighted by atomic mass is 16.6. The Labute approximate surface area is 154 Å². The second-order valence-electron chi connectivity index (χ2n) is 8.09. The van der Waals surface area contributed by atoms with Crippen LogP contribution in [0.2, 0.25) is 0 Å². The lowest BCUT2D eigenvalue weighted by Gasteiger charge is -2.46. The van der Waals surface area contributed by atoms with Crippen LogP contribution in [0.15, 0.2) is 6.33 Å². The van der Waals surface area contributed by atoms with Crippen molar-refractivity contribution in [2.45, 2.75) is 64.1 Å². The van der Waals surface area contributed by atoms with Crippen molar-refractivity contribution in [2.75, 3.05) is 30.9 Å². The molecular weight excluding hydrogens is 336 g/mol. The average Bonchev–Trinajstić information content (AvgIpc) is 2.48. The van der Waals surface area contributed by atoms with Crippen LogP contribution < -0.4 is 16.0 Å².